The molecule has 0 unspecified atom stereocenters. The topological polar surface area (TPSA) is 40.5 Å². The van der Waals surface area contributed by atoms with E-state index in [2.05, 4.69) is 0 Å². The maximum absolute atomic E-state index is 12.7. The fourth-order valence-electron chi connectivity index (χ4n) is 2.24. The lowest BCUT2D eigenvalue weighted by Gasteiger charge is -2.27. The number of benzene rings is 2. The van der Waals surface area contributed by atoms with Crippen molar-refractivity contribution >= 4 is 5.91 Å². The van der Waals surface area contributed by atoms with Crippen molar-refractivity contribution in [2.45, 2.75) is 33.4 Å². The van der Waals surface area contributed by atoms with Crippen LogP contribution in [0.2, 0.25) is 0 Å². The predicted molar refractivity (Wildman–Crippen MR) is 84.3 cm³/mol. The molecule has 1 amide bonds. The number of aryl methyl sites for hydroxylation is 1. The summed E-state index contributed by atoms with van der Waals surface area (Å²) in [7, 11) is 0. The molecular weight excluding hydrogens is 262 g/mol. The Labute approximate surface area is 125 Å². The van der Waals surface area contributed by atoms with Crippen LogP contribution < -0.4 is 0 Å². The summed E-state index contributed by atoms with van der Waals surface area (Å²) < 4.78 is 0. The zero-order valence-electron chi connectivity index (χ0n) is 12.7. The van der Waals surface area contributed by atoms with Gasteiger partial charge in [-0.05, 0) is 38.5 Å². The first-order chi connectivity index (χ1) is 9.99. The SMILES string of the molecule is Cc1ccc(O)c(C(=O)N(Cc2ccccc2)C(C)C)c1. The van der Waals surface area contributed by atoms with E-state index in [0.29, 0.717) is 12.1 Å². The third kappa shape index (κ3) is 3.63. The van der Waals surface area contributed by atoms with Gasteiger partial charge in [0.15, 0.2) is 0 Å². The lowest BCUT2D eigenvalue weighted by Crippen LogP contribution is -2.36. The van der Waals surface area contributed by atoms with Gasteiger partial charge in [0, 0.05) is 12.6 Å². The van der Waals surface area contributed by atoms with E-state index in [4.69, 9.17) is 0 Å². The number of hydrogen-bond acceptors (Lipinski definition) is 2. The summed E-state index contributed by atoms with van der Waals surface area (Å²) in [5.74, 6) is -0.112. The van der Waals surface area contributed by atoms with Crippen molar-refractivity contribution in [2.75, 3.05) is 0 Å². The highest BCUT2D eigenvalue weighted by Crippen LogP contribution is 2.22. The Morgan fingerprint density at radius 2 is 1.81 bits per heavy atom. The van der Waals surface area contributed by atoms with Gasteiger partial charge in [0.1, 0.15) is 5.75 Å². The van der Waals surface area contributed by atoms with Gasteiger partial charge in [0.05, 0.1) is 5.56 Å². The fraction of sp³-hybridized carbons (Fsp3) is 0.278. The van der Waals surface area contributed by atoms with E-state index in [1.807, 2.05) is 51.1 Å². The van der Waals surface area contributed by atoms with Crippen LogP contribution in [0.25, 0.3) is 0 Å². The molecule has 110 valence electrons. The summed E-state index contributed by atoms with van der Waals surface area (Å²) in [5, 5.41) is 9.95. The number of carbonyl (C=O) groups is 1. The maximum Gasteiger partial charge on any atom is 0.258 e. The number of hydrogen-bond donors (Lipinski definition) is 1. The fourth-order valence-corrected chi connectivity index (χ4v) is 2.24. The van der Waals surface area contributed by atoms with Gasteiger partial charge in [-0.3, -0.25) is 4.79 Å². The normalized spacial score (nSPS) is 10.7. The lowest BCUT2D eigenvalue weighted by molar-refractivity contribution is 0.0687. The minimum Gasteiger partial charge on any atom is -0.507 e. The van der Waals surface area contributed by atoms with Crippen LogP contribution in [0.5, 0.6) is 5.75 Å². The first kappa shape index (κ1) is 15.1. The molecule has 3 heteroatoms. The summed E-state index contributed by atoms with van der Waals surface area (Å²) >= 11 is 0. The Bertz CT molecular complexity index is 620. The average Bonchev–Trinajstić information content (AvgIpc) is 2.47. The molecule has 0 heterocycles. The van der Waals surface area contributed by atoms with Crippen LogP contribution in [-0.4, -0.2) is 22.0 Å². The maximum atomic E-state index is 12.7. The van der Waals surface area contributed by atoms with Crippen molar-refractivity contribution in [3.05, 3.63) is 65.2 Å². The van der Waals surface area contributed by atoms with Crippen LogP contribution in [0.15, 0.2) is 48.5 Å². The molecule has 0 atom stereocenters. The Morgan fingerprint density at radius 3 is 2.43 bits per heavy atom. The minimum absolute atomic E-state index is 0.0318. The molecule has 0 aliphatic carbocycles. The van der Waals surface area contributed by atoms with Gasteiger partial charge in [-0.2, -0.15) is 0 Å². The molecule has 0 aliphatic rings. The number of aromatic hydroxyl groups is 1. The molecule has 3 nitrogen and oxygen atoms in total. The highest BCUT2D eigenvalue weighted by atomic mass is 16.3. The monoisotopic (exact) mass is 283 g/mol. The van der Waals surface area contributed by atoms with Crippen molar-refractivity contribution in [1.29, 1.82) is 0 Å². The third-order valence-electron chi connectivity index (χ3n) is 3.46. The number of phenols is 1. The first-order valence-electron chi connectivity index (χ1n) is 7.13. The van der Waals surface area contributed by atoms with Gasteiger partial charge in [-0.15, -0.1) is 0 Å². The molecule has 2 aromatic rings. The van der Waals surface area contributed by atoms with Crippen LogP contribution in [0.4, 0.5) is 0 Å². The molecule has 0 radical (unpaired) electrons. The van der Waals surface area contributed by atoms with E-state index in [-0.39, 0.29) is 17.7 Å². The quantitative estimate of drug-likeness (QED) is 0.928. The van der Waals surface area contributed by atoms with Crippen LogP contribution in [0.1, 0.15) is 35.3 Å². The van der Waals surface area contributed by atoms with Gasteiger partial charge in [0.25, 0.3) is 5.91 Å². The first-order valence-corrected chi connectivity index (χ1v) is 7.13. The van der Waals surface area contributed by atoms with E-state index in [9.17, 15) is 9.90 Å². The number of nitrogens with zero attached hydrogens (tertiary/aromatic N) is 1. The number of rotatable bonds is 4. The van der Waals surface area contributed by atoms with Crippen molar-refractivity contribution in [2.24, 2.45) is 0 Å². The zero-order valence-corrected chi connectivity index (χ0v) is 12.7. The Morgan fingerprint density at radius 1 is 1.14 bits per heavy atom. The van der Waals surface area contributed by atoms with Gasteiger partial charge in [-0.25, -0.2) is 0 Å². The lowest BCUT2D eigenvalue weighted by atomic mass is 10.1. The predicted octanol–water partition coefficient (Wildman–Crippen LogP) is 3.75. The molecule has 2 rings (SSSR count). The van der Waals surface area contributed by atoms with Gasteiger partial charge in [-0.1, -0.05) is 42.0 Å². The molecule has 0 spiro atoms. The molecule has 21 heavy (non-hydrogen) atoms. The standard InChI is InChI=1S/C18H21NO2/c1-13(2)19(12-15-7-5-4-6-8-15)18(21)16-11-14(3)9-10-17(16)20/h4-11,13,20H,12H2,1-3H3. The van der Waals surface area contributed by atoms with Crippen molar-refractivity contribution in [3.8, 4) is 5.75 Å². The van der Waals surface area contributed by atoms with Crippen molar-refractivity contribution in [1.82, 2.24) is 4.90 Å². The van der Waals surface area contributed by atoms with Crippen molar-refractivity contribution < 1.29 is 9.90 Å². The molecular formula is C18H21NO2. The van der Waals surface area contributed by atoms with E-state index >= 15 is 0 Å². The van der Waals surface area contributed by atoms with Crippen LogP contribution in [0.3, 0.4) is 0 Å². The van der Waals surface area contributed by atoms with Gasteiger partial charge >= 0.3 is 0 Å². The summed E-state index contributed by atoms with van der Waals surface area (Å²) in [6.45, 7) is 6.40. The molecule has 1 N–H and O–H groups in total. The largest absolute Gasteiger partial charge is 0.507 e. The molecule has 0 aromatic heterocycles. The number of carbonyl (C=O) groups excluding carboxylic acids is 1. The number of amides is 1. The molecule has 0 saturated heterocycles. The van der Waals surface area contributed by atoms with E-state index in [1.54, 1.807) is 23.1 Å². The highest BCUT2D eigenvalue weighted by molar-refractivity contribution is 5.97. The summed E-state index contributed by atoms with van der Waals surface area (Å²) in [5.41, 5.74) is 2.39. The smallest absolute Gasteiger partial charge is 0.258 e. The Kier molecular flexibility index (Phi) is 4.63. The van der Waals surface area contributed by atoms with Crippen LogP contribution >= 0.6 is 0 Å². The second kappa shape index (κ2) is 6.44. The molecule has 0 aliphatic heterocycles. The molecule has 0 saturated carbocycles. The van der Waals surface area contributed by atoms with Gasteiger partial charge in [0.2, 0.25) is 0 Å². The third-order valence-corrected chi connectivity index (χ3v) is 3.46. The minimum atomic E-state index is -0.143. The van der Waals surface area contributed by atoms with E-state index in [1.165, 1.54) is 0 Å². The average molecular weight is 283 g/mol. The molecule has 2 aromatic carbocycles. The summed E-state index contributed by atoms with van der Waals surface area (Å²) in [4.78, 5) is 14.5. The highest BCUT2D eigenvalue weighted by Gasteiger charge is 2.21. The Hall–Kier alpha value is -2.29. The van der Waals surface area contributed by atoms with E-state index in [0.717, 1.165) is 11.1 Å². The van der Waals surface area contributed by atoms with E-state index < -0.39 is 0 Å². The second-order valence-corrected chi connectivity index (χ2v) is 5.53. The molecule has 0 fully saturated rings. The zero-order chi connectivity index (χ0) is 15.4. The Balaban J connectivity index is 2.30. The summed E-state index contributed by atoms with van der Waals surface area (Å²) in [6, 6.07) is 15.0. The van der Waals surface area contributed by atoms with Gasteiger partial charge < -0.3 is 10.0 Å². The summed E-state index contributed by atoms with van der Waals surface area (Å²) in [6.07, 6.45) is 0. The molecule has 0 bridgehead atoms. The van der Waals surface area contributed by atoms with Crippen LogP contribution in [0, 0.1) is 6.92 Å². The number of phenolic OH excluding ortho intramolecular Hbond substituents is 1. The van der Waals surface area contributed by atoms with Crippen LogP contribution in [-0.2, 0) is 6.54 Å². The van der Waals surface area contributed by atoms with Crippen molar-refractivity contribution in [3.63, 3.8) is 0 Å². The second-order valence-electron chi connectivity index (χ2n) is 5.53.